The number of benzene rings is 1. The molecule has 1 rings (SSSR count). The summed E-state index contributed by atoms with van der Waals surface area (Å²) in [5, 5.41) is 3.01. The van der Waals surface area contributed by atoms with Crippen LogP contribution in [0.4, 0.5) is 5.69 Å². The number of amides is 1. The molecule has 1 aromatic rings. The molecule has 1 N–H and O–H groups in total. The van der Waals surface area contributed by atoms with Gasteiger partial charge in [-0.1, -0.05) is 59.1 Å². The molecule has 0 aliphatic heterocycles. The van der Waals surface area contributed by atoms with E-state index in [-0.39, 0.29) is 5.91 Å². The largest absolute Gasteiger partial charge is 0.356 e. The van der Waals surface area contributed by atoms with Gasteiger partial charge in [0.05, 0.1) is 11.9 Å². The van der Waals surface area contributed by atoms with E-state index >= 15 is 0 Å². The fourth-order valence-electron chi connectivity index (χ4n) is 3.18. The molecule has 0 fully saturated rings. The zero-order valence-electron chi connectivity index (χ0n) is 18.2. The molecular formula is C22H38N2O3S. The van der Waals surface area contributed by atoms with Crippen molar-refractivity contribution < 1.29 is 13.2 Å². The average molecular weight is 411 g/mol. The number of rotatable bonds is 13. The molecule has 160 valence electrons. The number of hydrogen-bond donors (Lipinski definition) is 1. The molecule has 1 amide bonds. The van der Waals surface area contributed by atoms with Gasteiger partial charge in [-0.05, 0) is 42.4 Å². The summed E-state index contributed by atoms with van der Waals surface area (Å²) in [6.45, 7) is 9.55. The van der Waals surface area contributed by atoms with E-state index in [9.17, 15) is 13.2 Å². The Labute approximate surface area is 172 Å². The molecule has 0 saturated heterocycles. The van der Waals surface area contributed by atoms with Gasteiger partial charge in [-0.3, -0.25) is 9.10 Å². The second-order valence-electron chi connectivity index (χ2n) is 7.91. The highest BCUT2D eigenvalue weighted by Crippen LogP contribution is 2.22. The molecule has 28 heavy (non-hydrogen) atoms. The standard InChI is InChI=1S/C22H38N2O3S/c1-6-8-10-19(7-2)17-23-22(25)11-9-16-24(28(5,26)27)21-14-12-20(13-15-21)18(3)4/h12-15,18-19H,6-11,16-17H2,1-5H3,(H,23,25)/t19-/m0/s1. The van der Waals surface area contributed by atoms with Crippen molar-refractivity contribution in [2.45, 2.75) is 72.1 Å². The summed E-state index contributed by atoms with van der Waals surface area (Å²) in [4.78, 5) is 12.1. The third-order valence-corrected chi connectivity index (χ3v) is 6.34. The maximum atomic E-state index is 12.2. The first-order chi connectivity index (χ1) is 13.2. The molecule has 0 heterocycles. The van der Waals surface area contributed by atoms with Crippen molar-refractivity contribution in [2.75, 3.05) is 23.7 Å². The first-order valence-corrected chi connectivity index (χ1v) is 12.4. The summed E-state index contributed by atoms with van der Waals surface area (Å²) in [5.74, 6) is 0.920. The lowest BCUT2D eigenvalue weighted by molar-refractivity contribution is -0.121. The topological polar surface area (TPSA) is 66.5 Å². The minimum absolute atomic E-state index is 0.00134. The predicted octanol–water partition coefficient (Wildman–Crippen LogP) is 4.69. The van der Waals surface area contributed by atoms with Crippen molar-refractivity contribution in [1.82, 2.24) is 5.32 Å². The van der Waals surface area contributed by atoms with Gasteiger partial charge >= 0.3 is 0 Å². The molecule has 0 aliphatic rings. The van der Waals surface area contributed by atoms with Crippen LogP contribution in [-0.2, 0) is 14.8 Å². The Bertz CT molecular complexity index is 684. The maximum Gasteiger partial charge on any atom is 0.232 e. The first-order valence-electron chi connectivity index (χ1n) is 10.5. The van der Waals surface area contributed by atoms with E-state index in [4.69, 9.17) is 0 Å². The Morgan fingerprint density at radius 3 is 2.25 bits per heavy atom. The molecule has 0 saturated carbocycles. The van der Waals surface area contributed by atoms with Crippen molar-refractivity contribution in [2.24, 2.45) is 5.92 Å². The van der Waals surface area contributed by atoms with Crippen LogP contribution in [0.25, 0.3) is 0 Å². The maximum absolute atomic E-state index is 12.2. The van der Waals surface area contributed by atoms with Gasteiger partial charge in [0.1, 0.15) is 0 Å². The molecule has 5 nitrogen and oxygen atoms in total. The lowest BCUT2D eigenvalue weighted by Crippen LogP contribution is -2.33. The predicted molar refractivity (Wildman–Crippen MR) is 118 cm³/mol. The van der Waals surface area contributed by atoms with Gasteiger partial charge in [0, 0.05) is 19.5 Å². The van der Waals surface area contributed by atoms with E-state index in [0.717, 1.165) is 12.8 Å². The number of carbonyl (C=O) groups is 1. The quantitative estimate of drug-likeness (QED) is 0.513. The van der Waals surface area contributed by atoms with Crippen molar-refractivity contribution in [1.29, 1.82) is 0 Å². The lowest BCUT2D eigenvalue weighted by Gasteiger charge is -2.23. The van der Waals surface area contributed by atoms with Crippen molar-refractivity contribution in [3.8, 4) is 0 Å². The third kappa shape index (κ3) is 8.63. The van der Waals surface area contributed by atoms with Crippen LogP contribution >= 0.6 is 0 Å². The monoisotopic (exact) mass is 410 g/mol. The highest BCUT2D eigenvalue weighted by atomic mass is 32.2. The Kier molecular flexibility index (Phi) is 10.6. The Morgan fingerprint density at radius 2 is 1.75 bits per heavy atom. The summed E-state index contributed by atoms with van der Waals surface area (Å²) in [6.07, 6.45) is 6.60. The van der Waals surface area contributed by atoms with Crippen LogP contribution in [0.5, 0.6) is 0 Å². The second-order valence-corrected chi connectivity index (χ2v) is 9.81. The molecule has 0 radical (unpaired) electrons. The number of nitrogens with zero attached hydrogens (tertiary/aromatic N) is 1. The van der Waals surface area contributed by atoms with E-state index in [1.165, 1.54) is 29.0 Å². The van der Waals surface area contributed by atoms with Gasteiger partial charge in [-0.2, -0.15) is 0 Å². The zero-order valence-corrected chi connectivity index (χ0v) is 19.0. The summed E-state index contributed by atoms with van der Waals surface area (Å²) in [6, 6.07) is 7.62. The average Bonchev–Trinajstić information content (AvgIpc) is 2.64. The minimum atomic E-state index is -3.39. The number of anilines is 1. The van der Waals surface area contributed by atoms with Gasteiger partial charge in [0.25, 0.3) is 0 Å². The summed E-state index contributed by atoms with van der Waals surface area (Å²) >= 11 is 0. The van der Waals surface area contributed by atoms with Crippen LogP contribution in [-0.4, -0.2) is 33.7 Å². The number of sulfonamides is 1. The smallest absolute Gasteiger partial charge is 0.232 e. The van der Waals surface area contributed by atoms with Gasteiger partial charge in [0.2, 0.25) is 15.9 Å². The van der Waals surface area contributed by atoms with Gasteiger partial charge in [-0.15, -0.1) is 0 Å². The van der Waals surface area contributed by atoms with E-state index < -0.39 is 10.0 Å². The zero-order chi connectivity index (χ0) is 21.2. The van der Waals surface area contributed by atoms with E-state index in [2.05, 4.69) is 33.0 Å². The third-order valence-electron chi connectivity index (χ3n) is 5.14. The number of hydrogen-bond acceptors (Lipinski definition) is 3. The van der Waals surface area contributed by atoms with Crippen LogP contribution in [0.2, 0.25) is 0 Å². The minimum Gasteiger partial charge on any atom is -0.356 e. The van der Waals surface area contributed by atoms with Crippen molar-refractivity contribution in [3.05, 3.63) is 29.8 Å². The van der Waals surface area contributed by atoms with Crippen LogP contribution in [0.1, 0.15) is 77.7 Å². The van der Waals surface area contributed by atoms with E-state index in [1.807, 2.05) is 24.3 Å². The summed E-state index contributed by atoms with van der Waals surface area (Å²) in [7, 11) is -3.39. The van der Waals surface area contributed by atoms with Crippen LogP contribution in [0, 0.1) is 5.92 Å². The molecule has 1 atom stereocenters. The molecule has 0 unspecified atom stereocenters. The molecule has 1 aromatic carbocycles. The summed E-state index contributed by atoms with van der Waals surface area (Å²) < 4.78 is 25.8. The lowest BCUT2D eigenvalue weighted by atomic mass is 9.99. The van der Waals surface area contributed by atoms with Gasteiger partial charge in [0.15, 0.2) is 0 Å². The Hall–Kier alpha value is -1.56. The second kappa shape index (κ2) is 12.1. The molecular weight excluding hydrogens is 372 g/mol. The van der Waals surface area contributed by atoms with E-state index in [1.54, 1.807) is 0 Å². The molecule has 0 aromatic heterocycles. The summed E-state index contributed by atoms with van der Waals surface area (Å²) in [5.41, 5.74) is 1.82. The van der Waals surface area contributed by atoms with Crippen LogP contribution < -0.4 is 9.62 Å². The molecule has 0 spiro atoms. The number of unbranched alkanes of at least 4 members (excludes halogenated alkanes) is 1. The van der Waals surface area contributed by atoms with Crippen molar-refractivity contribution >= 4 is 21.6 Å². The van der Waals surface area contributed by atoms with Crippen LogP contribution in [0.3, 0.4) is 0 Å². The van der Waals surface area contributed by atoms with Crippen LogP contribution in [0.15, 0.2) is 24.3 Å². The molecule has 6 heteroatoms. The fourth-order valence-corrected chi connectivity index (χ4v) is 4.15. The Morgan fingerprint density at radius 1 is 1.11 bits per heavy atom. The Balaban J connectivity index is 2.57. The van der Waals surface area contributed by atoms with Gasteiger partial charge in [-0.25, -0.2) is 8.42 Å². The molecule has 0 bridgehead atoms. The van der Waals surface area contributed by atoms with Crippen molar-refractivity contribution in [3.63, 3.8) is 0 Å². The first kappa shape index (κ1) is 24.5. The normalized spacial score (nSPS) is 12.8. The SMILES string of the molecule is CCCC[C@H](CC)CNC(=O)CCCN(c1ccc(C(C)C)cc1)S(C)(=O)=O. The number of carbonyl (C=O) groups excluding carboxylic acids is 1. The highest BCUT2D eigenvalue weighted by molar-refractivity contribution is 7.92. The molecule has 0 aliphatic carbocycles. The highest BCUT2D eigenvalue weighted by Gasteiger charge is 2.18. The number of nitrogens with one attached hydrogen (secondary N) is 1. The van der Waals surface area contributed by atoms with Gasteiger partial charge < -0.3 is 5.32 Å². The van der Waals surface area contributed by atoms with E-state index in [0.29, 0.717) is 43.5 Å². The fraction of sp³-hybridized carbons (Fsp3) is 0.682.